The lowest BCUT2D eigenvalue weighted by Crippen LogP contribution is -2.02. The number of nitro benzene ring substituents is 1. The number of oxime groups is 1. The van der Waals surface area contributed by atoms with Crippen molar-refractivity contribution in [3.05, 3.63) is 64.2 Å². The van der Waals surface area contributed by atoms with Crippen LogP contribution >= 0.6 is 0 Å². The number of non-ortho nitro benzene ring substituents is 1. The normalized spacial score (nSPS) is 11.1. The van der Waals surface area contributed by atoms with Crippen LogP contribution in [0.3, 0.4) is 0 Å². The van der Waals surface area contributed by atoms with Crippen molar-refractivity contribution in [2.75, 3.05) is 0 Å². The van der Waals surface area contributed by atoms with Crippen molar-refractivity contribution in [1.82, 2.24) is 0 Å². The van der Waals surface area contributed by atoms with Gasteiger partial charge in [0.2, 0.25) is 0 Å². The van der Waals surface area contributed by atoms with Gasteiger partial charge in [-0.1, -0.05) is 36.3 Å². The van der Waals surface area contributed by atoms with Gasteiger partial charge in [0, 0.05) is 19.1 Å². The Hall–Kier alpha value is -3.02. The molecule has 0 aliphatic heterocycles. The zero-order chi connectivity index (χ0) is 16.8. The van der Waals surface area contributed by atoms with E-state index in [9.17, 15) is 14.9 Å². The van der Waals surface area contributed by atoms with Crippen molar-refractivity contribution in [3.8, 4) is 11.1 Å². The molecule has 23 heavy (non-hydrogen) atoms. The molecule has 0 saturated carbocycles. The van der Waals surface area contributed by atoms with Gasteiger partial charge in [-0.15, -0.1) is 0 Å². The monoisotopic (exact) mass is 312 g/mol. The first-order valence-electron chi connectivity index (χ1n) is 7.11. The lowest BCUT2D eigenvalue weighted by molar-refractivity contribution is -0.384. The highest BCUT2D eigenvalue weighted by molar-refractivity contribution is 6.00. The topological polar surface area (TPSA) is 81.8 Å². The van der Waals surface area contributed by atoms with E-state index in [0.717, 1.165) is 16.7 Å². The highest BCUT2D eigenvalue weighted by Gasteiger charge is 2.07. The molecule has 118 valence electrons. The molecule has 0 saturated heterocycles. The van der Waals surface area contributed by atoms with Crippen LogP contribution in [-0.2, 0) is 9.63 Å². The predicted molar refractivity (Wildman–Crippen MR) is 87.1 cm³/mol. The average Bonchev–Trinajstić information content (AvgIpc) is 2.56. The summed E-state index contributed by atoms with van der Waals surface area (Å²) < 4.78 is 0. The number of carbonyl (C=O) groups excluding carboxylic acids is 1. The number of nitro groups is 1. The average molecular weight is 312 g/mol. The van der Waals surface area contributed by atoms with Crippen LogP contribution in [0.2, 0.25) is 0 Å². The second kappa shape index (κ2) is 7.31. The summed E-state index contributed by atoms with van der Waals surface area (Å²) in [5, 5.41) is 14.5. The third-order valence-corrected chi connectivity index (χ3v) is 3.25. The number of benzene rings is 2. The smallest absolute Gasteiger partial charge is 0.318 e. The van der Waals surface area contributed by atoms with Crippen LogP contribution in [0.4, 0.5) is 5.69 Å². The summed E-state index contributed by atoms with van der Waals surface area (Å²) in [7, 11) is 0. The summed E-state index contributed by atoms with van der Waals surface area (Å²) in [5.41, 5.74) is 3.42. The molecule has 0 aliphatic rings. The maximum atomic E-state index is 10.8. The SMILES string of the molecule is CCC(=NOC(C)=O)c1ccc(-c2ccc([N+](=O)[O-])cc2)cc1. The zero-order valence-electron chi connectivity index (χ0n) is 12.9. The molecule has 6 heteroatoms. The lowest BCUT2D eigenvalue weighted by Gasteiger charge is -2.06. The van der Waals surface area contributed by atoms with E-state index in [2.05, 4.69) is 9.99 Å². The summed E-state index contributed by atoms with van der Waals surface area (Å²) in [6.45, 7) is 3.22. The summed E-state index contributed by atoms with van der Waals surface area (Å²) in [6, 6.07) is 13.9. The second-order valence-electron chi connectivity index (χ2n) is 4.86. The molecule has 0 amide bonds. The summed E-state index contributed by atoms with van der Waals surface area (Å²) in [6.07, 6.45) is 0.629. The molecule has 0 heterocycles. The van der Waals surface area contributed by atoms with E-state index < -0.39 is 10.9 Å². The minimum atomic E-state index is -0.460. The molecule has 0 N–H and O–H groups in total. The molecule has 0 aliphatic carbocycles. The number of nitrogens with zero attached hydrogens (tertiary/aromatic N) is 2. The summed E-state index contributed by atoms with van der Waals surface area (Å²) in [4.78, 5) is 25.8. The zero-order valence-corrected chi connectivity index (χ0v) is 12.9. The Kier molecular flexibility index (Phi) is 5.19. The maximum Gasteiger partial charge on any atom is 0.331 e. The minimum Gasteiger partial charge on any atom is -0.318 e. The fourth-order valence-corrected chi connectivity index (χ4v) is 2.07. The quantitative estimate of drug-likeness (QED) is 0.362. The highest BCUT2D eigenvalue weighted by atomic mass is 16.7. The minimum absolute atomic E-state index is 0.0622. The van der Waals surface area contributed by atoms with Crippen molar-refractivity contribution in [1.29, 1.82) is 0 Å². The molecule has 0 aromatic heterocycles. The Bertz CT molecular complexity index is 734. The van der Waals surface area contributed by atoms with Crippen molar-refractivity contribution < 1.29 is 14.6 Å². The van der Waals surface area contributed by atoms with E-state index in [1.165, 1.54) is 19.1 Å². The Morgan fingerprint density at radius 3 is 2.04 bits per heavy atom. The fourth-order valence-electron chi connectivity index (χ4n) is 2.07. The van der Waals surface area contributed by atoms with Gasteiger partial charge in [-0.3, -0.25) is 10.1 Å². The van der Waals surface area contributed by atoms with Gasteiger partial charge in [0.1, 0.15) is 0 Å². The van der Waals surface area contributed by atoms with Gasteiger partial charge in [0.15, 0.2) is 0 Å². The molecule has 0 unspecified atom stereocenters. The lowest BCUT2D eigenvalue weighted by atomic mass is 10.0. The first-order valence-corrected chi connectivity index (χ1v) is 7.11. The molecular weight excluding hydrogens is 296 g/mol. The van der Waals surface area contributed by atoms with Gasteiger partial charge in [0.05, 0.1) is 10.6 Å². The van der Waals surface area contributed by atoms with Gasteiger partial charge >= 0.3 is 5.97 Å². The van der Waals surface area contributed by atoms with Crippen LogP contribution in [0.25, 0.3) is 11.1 Å². The first-order chi connectivity index (χ1) is 11.0. The molecule has 2 rings (SSSR count). The van der Waals surface area contributed by atoms with Gasteiger partial charge in [0.25, 0.3) is 5.69 Å². The molecule has 0 bridgehead atoms. The Morgan fingerprint density at radius 1 is 1.09 bits per heavy atom. The van der Waals surface area contributed by atoms with E-state index in [1.54, 1.807) is 12.1 Å². The van der Waals surface area contributed by atoms with Crippen LogP contribution in [0.1, 0.15) is 25.8 Å². The largest absolute Gasteiger partial charge is 0.331 e. The molecule has 2 aromatic carbocycles. The summed E-state index contributed by atoms with van der Waals surface area (Å²) >= 11 is 0. The standard InChI is InChI=1S/C17H16N2O4/c1-3-17(18-23-12(2)20)15-6-4-13(5-7-15)14-8-10-16(11-9-14)19(21)22/h4-11H,3H2,1-2H3. The van der Waals surface area contributed by atoms with Crippen LogP contribution in [0, 0.1) is 10.1 Å². The number of hydrogen-bond acceptors (Lipinski definition) is 5. The van der Waals surface area contributed by atoms with Gasteiger partial charge < -0.3 is 4.84 Å². The van der Waals surface area contributed by atoms with Crippen molar-refractivity contribution >= 4 is 17.4 Å². The first kappa shape index (κ1) is 16.4. The van der Waals surface area contributed by atoms with E-state index in [4.69, 9.17) is 0 Å². The molecule has 6 nitrogen and oxygen atoms in total. The highest BCUT2D eigenvalue weighted by Crippen LogP contribution is 2.23. The van der Waals surface area contributed by atoms with Crippen LogP contribution in [0.15, 0.2) is 53.7 Å². The van der Waals surface area contributed by atoms with Crippen molar-refractivity contribution in [2.24, 2.45) is 5.16 Å². The molecule has 0 fully saturated rings. The Balaban J connectivity index is 2.23. The predicted octanol–water partition coefficient (Wildman–Crippen LogP) is 3.94. The second-order valence-corrected chi connectivity index (χ2v) is 4.86. The van der Waals surface area contributed by atoms with E-state index in [-0.39, 0.29) is 5.69 Å². The molecule has 0 atom stereocenters. The van der Waals surface area contributed by atoms with E-state index >= 15 is 0 Å². The molecular formula is C17H16N2O4. The number of hydrogen-bond donors (Lipinski definition) is 0. The van der Waals surface area contributed by atoms with Crippen LogP contribution in [-0.4, -0.2) is 16.6 Å². The summed E-state index contributed by atoms with van der Waals surface area (Å²) in [5.74, 6) is -0.460. The third kappa shape index (κ3) is 4.23. The van der Waals surface area contributed by atoms with E-state index in [1.807, 2.05) is 31.2 Å². The maximum absolute atomic E-state index is 10.8. The fraction of sp³-hybridized carbons (Fsp3) is 0.176. The molecule has 0 spiro atoms. The van der Waals surface area contributed by atoms with Gasteiger partial charge in [-0.05, 0) is 35.2 Å². The number of rotatable bonds is 5. The Labute approximate surface area is 133 Å². The van der Waals surface area contributed by atoms with Crippen LogP contribution < -0.4 is 0 Å². The van der Waals surface area contributed by atoms with Crippen molar-refractivity contribution in [3.63, 3.8) is 0 Å². The van der Waals surface area contributed by atoms with E-state index in [0.29, 0.717) is 12.1 Å². The number of carbonyl (C=O) groups is 1. The van der Waals surface area contributed by atoms with Gasteiger partial charge in [-0.25, -0.2) is 4.79 Å². The van der Waals surface area contributed by atoms with Crippen molar-refractivity contribution in [2.45, 2.75) is 20.3 Å². The third-order valence-electron chi connectivity index (χ3n) is 3.25. The van der Waals surface area contributed by atoms with Crippen LogP contribution in [0.5, 0.6) is 0 Å². The Morgan fingerprint density at radius 2 is 1.61 bits per heavy atom. The molecule has 0 radical (unpaired) electrons. The molecule has 2 aromatic rings. The van der Waals surface area contributed by atoms with Gasteiger partial charge in [-0.2, -0.15) is 0 Å².